The first-order valence-electron chi connectivity index (χ1n) is 5.83. The van der Waals surface area contributed by atoms with Crippen LogP contribution in [0.5, 0.6) is 0 Å². The number of hydrogen-bond donors (Lipinski definition) is 0. The van der Waals surface area contributed by atoms with Crippen molar-refractivity contribution in [3.05, 3.63) is 41.7 Å². The Morgan fingerprint density at radius 3 is 3.00 bits per heavy atom. The summed E-state index contributed by atoms with van der Waals surface area (Å²) >= 11 is 0. The molecule has 0 fully saturated rings. The Balaban J connectivity index is 2.45. The number of allylic oxidation sites excluding steroid dienone is 1. The Morgan fingerprint density at radius 1 is 1.35 bits per heavy atom. The number of rotatable bonds is 1. The van der Waals surface area contributed by atoms with E-state index in [1.165, 1.54) is 0 Å². The van der Waals surface area contributed by atoms with Gasteiger partial charge in [-0.25, -0.2) is 4.98 Å². The Labute approximate surface area is 99.4 Å². The zero-order valence-electron chi connectivity index (χ0n) is 9.68. The first kappa shape index (κ1) is 10.1. The summed E-state index contributed by atoms with van der Waals surface area (Å²) in [5, 5.41) is 0. The van der Waals surface area contributed by atoms with Crippen LogP contribution in [0.25, 0.3) is 17.1 Å². The summed E-state index contributed by atoms with van der Waals surface area (Å²) in [5.74, 6) is 0.107. The van der Waals surface area contributed by atoms with E-state index in [4.69, 9.17) is 0 Å². The zero-order chi connectivity index (χ0) is 11.8. The van der Waals surface area contributed by atoms with Gasteiger partial charge in [0.2, 0.25) is 11.2 Å². The summed E-state index contributed by atoms with van der Waals surface area (Å²) in [6, 6.07) is 7.94. The number of carbonyl (C=O) groups is 1. The maximum atomic E-state index is 11.9. The van der Waals surface area contributed by atoms with Gasteiger partial charge in [0.25, 0.3) is 0 Å². The number of para-hydroxylation sites is 2. The number of fused-ring (bicyclic) bond motifs is 2. The van der Waals surface area contributed by atoms with Gasteiger partial charge in [0.1, 0.15) is 12.1 Å². The lowest BCUT2D eigenvalue weighted by molar-refractivity contribution is -0.670. The Bertz CT molecular complexity index is 644. The van der Waals surface area contributed by atoms with Crippen LogP contribution in [-0.2, 0) is 6.54 Å². The van der Waals surface area contributed by atoms with Crippen LogP contribution in [0, 0.1) is 0 Å². The van der Waals surface area contributed by atoms with Crippen molar-refractivity contribution < 1.29 is 9.36 Å². The minimum Gasteiger partial charge on any atom is -0.292 e. The van der Waals surface area contributed by atoms with E-state index in [0.717, 1.165) is 23.3 Å². The van der Waals surface area contributed by atoms with Crippen molar-refractivity contribution in [2.75, 3.05) is 0 Å². The molecule has 0 amide bonds. The van der Waals surface area contributed by atoms with Crippen LogP contribution in [0.15, 0.2) is 30.3 Å². The van der Waals surface area contributed by atoms with Crippen molar-refractivity contribution >= 4 is 22.9 Å². The highest BCUT2D eigenvalue weighted by molar-refractivity contribution is 6.00. The molecule has 3 heteroatoms. The molecule has 0 aliphatic heterocycles. The topological polar surface area (TPSA) is 33.8 Å². The van der Waals surface area contributed by atoms with Gasteiger partial charge in [0, 0.05) is 18.6 Å². The SMILES string of the molecule is CC[n+]1c2c(nc3ccccc31)C(=O)CC=C2. The van der Waals surface area contributed by atoms with Gasteiger partial charge in [-0.2, -0.15) is 4.57 Å². The maximum absolute atomic E-state index is 11.9. The summed E-state index contributed by atoms with van der Waals surface area (Å²) in [7, 11) is 0. The molecular formula is C14H13N2O+. The minimum absolute atomic E-state index is 0.107. The van der Waals surface area contributed by atoms with Gasteiger partial charge in [-0.3, -0.25) is 4.79 Å². The van der Waals surface area contributed by atoms with E-state index in [9.17, 15) is 4.79 Å². The van der Waals surface area contributed by atoms with Crippen LogP contribution in [-0.4, -0.2) is 10.8 Å². The van der Waals surface area contributed by atoms with E-state index in [-0.39, 0.29) is 5.78 Å². The smallest absolute Gasteiger partial charge is 0.235 e. The largest absolute Gasteiger partial charge is 0.292 e. The molecule has 0 saturated carbocycles. The molecule has 0 unspecified atom stereocenters. The number of carbonyl (C=O) groups excluding carboxylic acids is 1. The molecule has 1 aromatic heterocycles. The molecule has 0 bridgehead atoms. The highest BCUT2D eigenvalue weighted by atomic mass is 16.1. The van der Waals surface area contributed by atoms with Crippen molar-refractivity contribution in [3.8, 4) is 0 Å². The number of aryl methyl sites for hydroxylation is 1. The number of benzene rings is 1. The molecule has 3 rings (SSSR count). The van der Waals surface area contributed by atoms with Crippen LogP contribution in [0.3, 0.4) is 0 Å². The monoisotopic (exact) mass is 225 g/mol. The molecule has 0 saturated heterocycles. The average molecular weight is 225 g/mol. The highest BCUT2D eigenvalue weighted by Gasteiger charge is 2.25. The van der Waals surface area contributed by atoms with E-state index < -0.39 is 0 Å². The van der Waals surface area contributed by atoms with E-state index in [1.54, 1.807) is 0 Å². The lowest BCUT2D eigenvalue weighted by atomic mass is 10.0. The maximum Gasteiger partial charge on any atom is 0.235 e. The normalized spacial score (nSPS) is 14.1. The third-order valence-corrected chi connectivity index (χ3v) is 3.10. The molecule has 3 nitrogen and oxygen atoms in total. The fraction of sp³-hybridized carbons (Fsp3) is 0.214. The van der Waals surface area contributed by atoms with Crippen molar-refractivity contribution in [2.24, 2.45) is 0 Å². The Morgan fingerprint density at radius 2 is 2.18 bits per heavy atom. The number of aromatic nitrogens is 2. The van der Waals surface area contributed by atoms with Gasteiger partial charge in [-0.1, -0.05) is 18.2 Å². The third-order valence-electron chi connectivity index (χ3n) is 3.10. The molecular weight excluding hydrogens is 212 g/mol. The third kappa shape index (κ3) is 1.46. The first-order valence-corrected chi connectivity index (χ1v) is 5.83. The molecule has 84 valence electrons. The molecule has 0 spiro atoms. The summed E-state index contributed by atoms with van der Waals surface area (Å²) < 4.78 is 2.14. The van der Waals surface area contributed by atoms with Crippen LogP contribution in [0.4, 0.5) is 0 Å². The molecule has 0 radical (unpaired) electrons. The number of nitrogens with zero attached hydrogens (tertiary/aromatic N) is 2. The van der Waals surface area contributed by atoms with Crippen LogP contribution in [0.1, 0.15) is 29.5 Å². The van der Waals surface area contributed by atoms with Gasteiger partial charge < -0.3 is 0 Å². The minimum atomic E-state index is 0.107. The van der Waals surface area contributed by atoms with Crippen molar-refractivity contribution in [1.82, 2.24) is 4.98 Å². The van der Waals surface area contributed by atoms with Crippen LogP contribution >= 0.6 is 0 Å². The zero-order valence-corrected chi connectivity index (χ0v) is 9.68. The predicted molar refractivity (Wildman–Crippen MR) is 65.6 cm³/mol. The van der Waals surface area contributed by atoms with Crippen molar-refractivity contribution in [1.29, 1.82) is 0 Å². The van der Waals surface area contributed by atoms with Crippen LogP contribution in [0.2, 0.25) is 0 Å². The number of ketones is 1. The van der Waals surface area contributed by atoms with Crippen LogP contribution < -0.4 is 4.57 Å². The van der Waals surface area contributed by atoms with Gasteiger partial charge in [0.15, 0.2) is 11.5 Å². The second-order valence-corrected chi connectivity index (χ2v) is 4.11. The molecule has 0 atom stereocenters. The molecule has 17 heavy (non-hydrogen) atoms. The highest BCUT2D eigenvalue weighted by Crippen LogP contribution is 2.17. The lowest BCUT2D eigenvalue weighted by Crippen LogP contribution is -2.40. The quantitative estimate of drug-likeness (QED) is 0.697. The Hall–Kier alpha value is -2.03. The van der Waals surface area contributed by atoms with Gasteiger partial charge >= 0.3 is 0 Å². The van der Waals surface area contributed by atoms with Gasteiger partial charge in [0.05, 0.1) is 0 Å². The van der Waals surface area contributed by atoms with E-state index in [2.05, 4.69) is 16.5 Å². The molecule has 1 aromatic carbocycles. The second kappa shape index (κ2) is 3.77. The molecule has 0 N–H and O–H groups in total. The fourth-order valence-corrected chi connectivity index (χ4v) is 2.31. The summed E-state index contributed by atoms with van der Waals surface area (Å²) in [5.41, 5.74) is 3.50. The predicted octanol–water partition coefficient (Wildman–Crippen LogP) is 2.14. The summed E-state index contributed by atoms with van der Waals surface area (Å²) in [4.78, 5) is 16.4. The van der Waals surface area contributed by atoms with Crippen molar-refractivity contribution in [3.63, 3.8) is 0 Å². The first-order chi connectivity index (χ1) is 8.31. The summed E-state index contributed by atoms with van der Waals surface area (Å²) in [6.07, 6.45) is 4.37. The lowest BCUT2D eigenvalue weighted by Gasteiger charge is -2.09. The van der Waals surface area contributed by atoms with Gasteiger partial charge in [-0.05, 0) is 13.0 Å². The van der Waals surface area contributed by atoms with Crippen molar-refractivity contribution in [2.45, 2.75) is 19.9 Å². The van der Waals surface area contributed by atoms with E-state index >= 15 is 0 Å². The van der Waals surface area contributed by atoms with E-state index in [0.29, 0.717) is 12.1 Å². The summed E-state index contributed by atoms with van der Waals surface area (Å²) in [6.45, 7) is 2.92. The van der Waals surface area contributed by atoms with Gasteiger partial charge in [-0.15, -0.1) is 0 Å². The standard InChI is InChI=1S/C14H13N2O/c1-2-16-11-7-4-3-6-10(11)15-14-12(16)8-5-9-13(14)17/h3-8H,2,9H2,1H3/q+1. The second-order valence-electron chi connectivity index (χ2n) is 4.11. The molecule has 1 aliphatic carbocycles. The average Bonchev–Trinajstić information content (AvgIpc) is 2.37. The number of Topliss-reactive ketones (excluding diaryl/α,β-unsaturated/α-hetero) is 1. The Kier molecular flexibility index (Phi) is 2.25. The number of hydrogen-bond acceptors (Lipinski definition) is 2. The molecule has 2 aromatic rings. The molecule has 1 aliphatic rings. The molecule has 1 heterocycles. The fourth-order valence-electron chi connectivity index (χ4n) is 2.31. The van der Waals surface area contributed by atoms with E-state index in [1.807, 2.05) is 36.4 Å².